The first-order valence-corrected chi connectivity index (χ1v) is 18.2. The summed E-state index contributed by atoms with van der Waals surface area (Å²) in [6.07, 6.45) is 7.03. The van der Waals surface area contributed by atoms with Crippen LogP contribution in [0.1, 0.15) is 111 Å². The fourth-order valence-electron chi connectivity index (χ4n) is 11.1. The van der Waals surface area contributed by atoms with Crippen molar-refractivity contribution in [1.82, 2.24) is 10.0 Å². The van der Waals surface area contributed by atoms with Crippen molar-refractivity contribution in [3.05, 3.63) is 0 Å². The van der Waals surface area contributed by atoms with Crippen molar-refractivity contribution in [2.75, 3.05) is 6.54 Å². The van der Waals surface area contributed by atoms with Gasteiger partial charge in [-0.05, 0) is 116 Å². The van der Waals surface area contributed by atoms with Gasteiger partial charge in [0.25, 0.3) is 0 Å². The standard InChI is InChI=1S/C32H54F2N2O5S/c1-5-22-26-18-20(37)8-13-31(26,4)25-11-14-30(3)23(6-7-24(30)27(25)28(22)38)19(2)12-17-35-29(39)36-42(40,41)21-9-15-32(33,34)16-10-21/h19-28,37-38H,5-18H2,1-4H3,(H2,35,36,39)/t19-,20-,22-,23-,24+,25+,26+,27+,28-,30-,31-/m1/s1. The van der Waals surface area contributed by atoms with Gasteiger partial charge in [0.05, 0.1) is 17.5 Å². The maximum absolute atomic E-state index is 13.4. The zero-order valence-corrected chi connectivity index (χ0v) is 26.8. The van der Waals surface area contributed by atoms with Crippen molar-refractivity contribution in [2.45, 2.75) is 135 Å². The monoisotopic (exact) mass is 616 g/mol. The van der Waals surface area contributed by atoms with E-state index in [2.05, 4.69) is 37.7 Å². The van der Waals surface area contributed by atoms with Crippen molar-refractivity contribution in [3.63, 3.8) is 0 Å². The molecule has 0 heterocycles. The first-order chi connectivity index (χ1) is 19.6. The molecule has 0 aliphatic heterocycles. The number of hydrogen-bond donors (Lipinski definition) is 4. The topological polar surface area (TPSA) is 116 Å². The van der Waals surface area contributed by atoms with Gasteiger partial charge in [-0.3, -0.25) is 0 Å². The molecule has 0 radical (unpaired) electrons. The number of urea groups is 1. The van der Waals surface area contributed by atoms with Crippen molar-refractivity contribution < 1.29 is 32.2 Å². The molecule has 242 valence electrons. The van der Waals surface area contributed by atoms with Gasteiger partial charge < -0.3 is 15.5 Å². The van der Waals surface area contributed by atoms with Gasteiger partial charge in [-0.15, -0.1) is 0 Å². The third-order valence-corrected chi connectivity index (χ3v) is 15.2. The predicted molar refractivity (Wildman–Crippen MR) is 158 cm³/mol. The number of aliphatic hydroxyl groups excluding tert-OH is 2. The molecule has 42 heavy (non-hydrogen) atoms. The Morgan fingerprint density at radius 3 is 2.24 bits per heavy atom. The molecular weight excluding hydrogens is 562 g/mol. The number of amides is 2. The molecular formula is C32H54F2N2O5S. The summed E-state index contributed by atoms with van der Waals surface area (Å²) in [7, 11) is -4.00. The largest absolute Gasteiger partial charge is 0.393 e. The summed E-state index contributed by atoms with van der Waals surface area (Å²) in [6, 6.07) is -0.785. The number of halogens is 2. The minimum Gasteiger partial charge on any atom is -0.393 e. The van der Waals surface area contributed by atoms with E-state index in [0.717, 1.165) is 57.8 Å². The van der Waals surface area contributed by atoms with E-state index in [9.17, 15) is 32.2 Å². The number of alkyl halides is 2. The Morgan fingerprint density at radius 1 is 0.929 bits per heavy atom. The molecule has 5 rings (SSSR count). The third-order valence-electron chi connectivity index (χ3n) is 13.4. The van der Waals surface area contributed by atoms with Gasteiger partial charge >= 0.3 is 6.03 Å². The molecule has 0 unspecified atom stereocenters. The summed E-state index contributed by atoms with van der Waals surface area (Å²) in [5.41, 5.74) is 0.289. The Labute approximate surface area is 251 Å². The van der Waals surface area contributed by atoms with Gasteiger partial charge in [0.1, 0.15) is 0 Å². The zero-order valence-electron chi connectivity index (χ0n) is 26.0. The lowest BCUT2D eigenvalue weighted by molar-refractivity contribution is -0.203. The van der Waals surface area contributed by atoms with Gasteiger partial charge in [-0.25, -0.2) is 26.7 Å². The van der Waals surface area contributed by atoms with Gasteiger partial charge in [-0.1, -0.05) is 34.1 Å². The number of nitrogens with one attached hydrogen (secondary N) is 2. The smallest absolute Gasteiger partial charge is 0.328 e. The first kappa shape index (κ1) is 32.4. The van der Waals surface area contributed by atoms with Crippen molar-refractivity contribution in [1.29, 1.82) is 0 Å². The van der Waals surface area contributed by atoms with Crippen LogP contribution in [0.4, 0.5) is 13.6 Å². The zero-order chi connectivity index (χ0) is 30.7. The molecule has 7 nitrogen and oxygen atoms in total. The van der Waals surface area contributed by atoms with Gasteiger partial charge in [0.2, 0.25) is 15.9 Å². The third kappa shape index (κ3) is 5.75. The SMILES string of the molecule is CC[C@H]1[C@@H](O)[C@@H]2[C@H](CC[C@]3(C)[C@@H]([C@H](C)CCNC(=O)NS(=O)(=O)C4CCC(F)(F)CC4)CC[C@@H]23)[C@@]2(C)CC[C@@H](O)C[C@@H]12. The van der Waals surface area contributed by atoms with E-state index in [1.807, 2.05) is 0 Å². The lowest BCUT2D eigenvalue weighted by atomic mass is 9.41. The Balaban J connectivity index is 1.18. The van der Waals surface area contributed by atoms with E-state index in [1.165, 1.54) is 0 Å². The van der Waals surface area contributed by atoms with Crippen molar-refractivity contribution in [3.8, 4) is 0 Å². The number of fused-ring (bicyclic) bond motifs is 5. The van der Waals surface area contributed by atoms with Crippen LogP contribution in [0.3, 0.4) is 0 Å². The number of sulfonamides is 1. The molecule has 0 aromatic rings. The maximum atomic E-state index is 13.4. The second-order valence-electron chi connectivity index (χ2n) is 15.3. The molecule has 5 aliphatic rings. The van der Waals surface area contributed by atoms with E-state index >= 15 is 0 Å². The van der Waals surface area contributed by atoms with Crippen LogP contribution in [0.5, 0.6) is 0 Å². The van der Waals surface area contributed by atoms with Crippen LogP contribution in [-0.2, 0) is 10.0 Å². The minimum atomic E-state index is -4.00. The highest BCUT2D eigenvalue weighted by atomic mass is 32.2. The van der Waals surface area contributed by atoms with E-state index in [4.69, 9.17) is 0 Å². The van der Waals surface area contributed by atoms with Crippen LogP contribution in [-0.4, -0.2) is 54.6 Å². The van der Waals surface area contributed by atoms with Crippen molar-refractivity contribution in [2.24, 2.45) is 52.3 Å². The number of carbonyl (C=O) groups is 1. The van der Waals surface area contributed by atoms with Gasteiger partial charge in [0, 0.05) is 19.4 Å². The number of carbonyl (C=O) groups excluding carboxylic acids is 1. The molecule has 10 heteroatoms. The Kier molecular flexibility index (Phi) is 9.05. The number of hydrogen-bond acceptors (Lipinski definition) is 5. The molecule has 2 amide bonds. The van der Waals surface area contributed by atoms with Crippen molar-refractivity contribution >= 4 is 16.1 Å². The Hall–Kier alpha value is -1.00. The molecule has 4 N–H and O–H groups in total. The lowest BCUT2D eigenvalue weighted by Crippen LogP contribution is -2.62. The van der Waals surface area contributed by atoms with Crippen LogP contribution in [0.2, 0.25) is 0 Å². The maximum Gasteiger partial charge on any atom is 0.328 e. The molecule has 5 fully saturated rings. The molecule has 5 saturated carbocycles. The molecule has 5 aliphatic carbocycles. The Bertz CT molecular complexity index is 1100. The highest BCUT2D eigenvalue weighted by molar-refractivity contribution is 7.90. The Morgan fingerprint density at radius 2 is 1.57 bits per heavy atom. The minimum absolute atomic E-state index is 0.117. The fraction of sp³-hybridized carbons (Fsp3) is 0.969. The summed E-state index contributed by atoms with van der Waals surface area (Å²) in [5, 5.41) is 24.1. The van der Waals surface area contributed by atoms with E-state index in [0.29, 0.717) is 36.1 Å². The lowest BCUT2D eigenvalue weighted by Gasteiger charge is -2.64. The number of aliphatic hydroxyl groups is 2. The second-order valence-corrected chi connectivity index (χ2v) is 17.3. The molecule has 0 aromatic heterocycles. The normalized spacial score (nSPS) is 44.4. The molecule has 0 bridgehead atoms. The fourth-order valence-corrected chi connectivity index (χ4v) is 12.5. The average Bonchev–Trinajstić information content (AvgIpc) is 3.26. The molecule has 0 saturated heterocycles. The summed E-state index contributed by atoms with van der Waals surface area (Å²) < 4.78 is 54.1. The van der Waals surface area contributed by atoms with Crippen LogP contribution in [0, 0.1) is 52.3 Å². The predicted octanol–water partition coefficient (Wildman–Crippen LogP) is 5.85. The summed E-state index contributed by atoms with van der Waals surface area (Å²) in [4.78, 5) is 12.4. The van der Waals surface area contributed by atoms with Crippen LogP contribution in [0.15, 0.2) is 0 Å². The van der Waals surface area contributed by atoms with Gasteiger partial charge in [-0.2, -0.15) is 0 Å². The van der Waals surface area contributed by atoms with Crippen LogP contribution in [0.25, 0.3) is 0 Å². The first-order valence-electron chi connectivity index (χ1n) is 16.7. The van der Waals surface area contributed by atoms with E-state index in [-0.39, 0.29) is 47.7 Å². The van der Waals surface area contributed by atoms with Crippen LogP contribution < -0.4 is 10.0 Å². The van der Waals surface area contributed by atoms with E-state index < -0.39 is 40.1 Å². The number of rotatable bonds is 7. The molecule has 0 spiro atoms. The highest BCUT2D eigenvalue weighted by Crippen LogP contribution is 2.69. The van der Waals surface area contributed by atoms with E-state index in [1.54, 1.807) is 0 Å². The molecule has 11 atom stereocenters. The van der Waals surface area contributed by atoms with Gasteiger partial charge in [0.15, 0.2) is 0 Å². The average molecular weight is 617 g/mol. The second kappa shape index (κ2) is 11.7. The van der Waals surface area contributed by atoms with Crippen LogP contribution >= 0.6 is 0 Å². The molecule has 0 aromatic carbocycles. The summed E-state index contributed by atoms with van der Waals surface area (Å²) >= 11 is 0. The summed E-state index contributed by atoms with van der Waals surface area (Å²) in [5.74, 6) is -0.193. The highest BCUT2D eigenvalue weighted by Gasteiger charge is 2.64. The quantitative estimate of drug-likeness (QED) is 0.287. The summed E-state index contributed by atoms with van der Waals surface area (Å²) in [6.45, 7) is 9.65.